The maximum atomic E-state index is 11.6. The molecule has 0 aliphatic heterocycles. The first-order valence-electron chi connectivity index (χ1n) is 6.63. The van der Waals surface area contributed by atoms with Crippen LogP contribution in [0.1, 0.15) is 24.6 Å². The molecule has 0 bridgehead atoms. The zero-order valence-corrected chi connectivity index (χ0v) is 11.8. The normalized spacial score (nSPS) is 10.2. The van der Waals surface area contributed by atoms with Crippen molar-refractivity contribution in [3.63, 3.8) is 0 Å². The maximum absolute atomic E-state index is 11.6. The van der Waals surface area contributed by atoms with Crippen molar-refractivity contribution < 1.29 is 0 Å². The Bertz CT molecular complexity index is 691. The smallest absolute Gasteiger partial charge is 0.250 e. The van der Waals surface area contributed by atoms with E-state index in [2.05, 4.69) is 11.4 Å². The molecule has 104 valence electrons. The third kappa shape index (κ3) is 3.09. The molecular formula is C15H18N4O. The van der Waals surface area contributed by atoms with Crippen molar-refractivity contribution >= 4 is 5.69 Å². The van der Waals surface area contributed by atoms with Crippen molar-refractivity contribution in [3.05, 3.63) is 52.2 Å². The fourth-order valence-electron chi connectivity index (χ4n) is 2.10. The molecular weight excluding hydrogens is 252 g/mol. The van der Waals surface area contributed by atoms with E-state index in [1.807, 2.05) is 32.4 Å². The summed E-state index contributed by atoms with van der Waals surface area (Å²) in [4.78, 5) is 11.6. The van der Waals surface area contributed by atoms with Crippen molar-refractivity contribution in [1.82, 2.24) is 9.13 Å². The summed E-state index contributed by atoms with van der Waals surface area (Å²) in [5, 5.41) is 12.2. The number of pyridine rings is 1. The van der Waals surface area contributed by atoms with Gasteiger partial charge in [-0.05, 0) is 24.1 Å². The molecule has 0 radical (unpaired) electrons. The molecule has 0 aromatic carbocycles. The molecule has 2 rings (SSSR count). The Kier molecular flexibility index (Phi) is 4.26. The summed E-state index contributed by atoms with van der Waals surface area (Å²) in [6.07, 6.45) is 4.68. The summed E-state index contributed by atoms with van der Waals surface area (Å²) in [5.41, 5.74) is 2.60. The van der Waals surface area contributed by atoms with Gasteiger partial charge in [0, 0.05) is 38.6 Å². The highest BCUT2D eigenvalue weighted by Crippen LogP contribution is 2.10. The molecule has 0 fully saturated rings. The summed E-state index contributed by atoms with van der Waals surface area (Å²) in [7, 11) is 1.85. The van der Waals surface area contributed by atoms with E-state index in [4.69, 9.17) is 5.26 Å². The molecule has 0 aliphatic carbocycles. The highest BCUT2D eigenvalue weighted by atomic mass is 16.1. The monoisotopic (exact) mass is 270 g/mol. The summed E-state index contributed by atoms with van der Waals surface area (Å²) in [6.45, 7) is 3.39. The molecule has 5 heteroatoms. The van der Waals surface area contributed by atoms with Crippen LogP contribution in [0.25, 0.3) is 0 Å². The van der Waals surface area contributed by atoms with E-state index in [1.165, 1.54) is 0 Å². The molecule has 20 heavy (non-hydrogen) atoms. The Hall–Kier alpha value is -2.48. The van der Waals surface area contributed by atoms with Crippen molar-refractivity contribution in [2.45, 2.75) is 26.4 Å². The molecule has 0 saturated carbocycles. The summed E-state index contributed by atoms with van der Waals surface area (Å²) in [5.74, 6) is 0. The summed E-state index contributed by atoms with van der Waals surface area (Å²) in [6, 6.07) is 7.35. The van der Waals surface area contributed by atoms with Crippen molar-refractivity contribution in [2.24, 2.45) is 7.05 Å². The third-order valence-corrected chi connectivity index (χ3v) is 3.12. The average molecular weight is 270 g/mol. The Labute approximate surface area is 118 Å². The highest BCUT2D eigenvalue weighted by molar-refractivity contribution is 5.41. The topological polar surface area (TPSA) is 62.8 Å². The highest BCUT2D eigenvalue weighted by Gasteiger charge is 2.03. The number of hydrogen-bond acceptors (Lipinski definition) is 3. The number of rotatable bonds is 5. The van der Waals surface area contributed by atoms with E-state index < -0.39 is 0 Å². The minimum Gasteiger partial charge on any atom is -0.380 e. The lowest BCUT2D eigenvalue weighted by atomic mass is 10.3. The van der Waals surface area contributed by atoms with Crippen LogP contribution in [0.4, 0.5) is 5.69 Å². The third-order valence-electron chi connectivity index (χ3n) is 3.12. The zero-order valence-electron chi connectivity index (χ0n) is 11.8. The Morgan fingerprint density at radius 1 is 1.35 bits per heavy atom. The predicted molar refractivity (Wildman–Crippen MR) is 78.4 cm³/mol. The van der Waals surface area contributed by atoms with Crippen LogP contribution in [0.15, 0.2) is 35.4 Å². The second-order valence-corrected chi connectivity index (χ2v) is 4.76. The van der Waals surface area contributed by atoms with E-state index in [1.54, 1.807) is 21.3 Å². The Morgan fingerprint density at radius 2 is 2.15 bits per heavy atom. The van der Waals surface area contributed by atoms with Crippen LogP contribution in [0.2, 0.25) is 0 Å². The fraction of sp³-hybridized carbons (Fsp3) is 0.333. The number of anilines is 1. The van der Waals surface area contributed by atoms with Gasteiger partial charge >= 0.3 is 0 Å². The average Bonchev–Trinajstić information content (AvgIpc) is 2.80. The zero-order chi connectivity index (χ0) is 14.5. The molecule has 0 saturated heterocycles. The number of aromatic nitrogens is 2. The molecule has 0 amide bonds. The Balaban J connectivity index is 2.08. The van der Waals surface area contributed by atoms with E-state index in [-0.39, 0.29) is 5.56 Å². The van der Waals surface area contributed by atoms with Gasteiger partial charge in [0.2, 0.25) is 0 Å². The second kappa shape index (κ2) is 6.11. The number of aryl methyl sites for hydroxylation is 2. The van der Waals surface area contributed by atoms with E-state index >= 15 is 0 Å². The molecule has 0 unspecified atom stereocenters. The number of nitriles is 1. The van der Waals surface area contributed by atoms with Crippen molar-refractivity contribution in [3.8, 4) is 6.07 Å². The Morgan fingerprint density at radius 3 is 2.80 bits per heavy atom. The first-order chi connectivity index (χ1) is 9.63. The maximum Gasteiger partial charge on any atom is 0.250 e. The van der Waals surface area contributed by atoms with E-state index in [0.29, 0.717) is 12.2 Å². The second-order valence-electron chi connectivity index (χ2n) is 4.76. The lowest BCUT2D eigenvalue weighted by Crippen LogP contribution is -2.18. The van der Waals surface area contributed by atoms with Crippen LogP contribution in [-0.4, -0.2) is 9.13 Å². The quantitative estimate of drug-likeness (QED) is 0.904. The molecule has 1 N–H and O–H groups in total. The molecule has 2 heterocycles. The number of nitrogens with one attached hydrogen (secondary N) is 1. The van der Waals surface area contributed by atoms with Gasteiger partial charge in [-0.2, -0.15) is 5.26 Å². The van der Waals surface area contributed by atoms with Gasteiger partial charge in [-0.1, -0.05) is 6.92 Å². The van der Waals surface area contributed by atoms with Gasteiger partial charge in [-0.25, -0.2) is 0 Å². The molecule has 0 aliphatic rings. The lowest BCUT2D eigenvalue weighted by Gasteiger charge is -2.08. The van der Waals surface area contributed by atoms with Crippen LogP contribution >= 0.6 is 0 Å². The van der Waals surface area contributed by atoms with Crippen LogP contribution in [0.5, 0.6) is 0 Å². The molecule has 0 spiro atoms. The minimum atomic E-state index is 0.0175. The SMILES string of the molecule is CCCn1cc(NCc2cc(C#N)n(C)c2)ccc1=O. The van der Waals surface area contributed by atoms with Gasteiger partial charge in [0.1, 0.15) is 11.8 Å². The molecule has 2 aromatic rings. The van der Waals surface area contributed by atoms with Crippen LogP contribution < -0.4 is 10.9 Å². The van der Waals surface area contributed by atoms with Gasteiger partial charge < -0.3 is 14.5 Å². The van der Waals surface area contributed by atoms with Gasteiger partial charge in [-0.15, -0.1) is 0 Å². The van der Waals surface area contributed by atoms with Crippen LogP contribution in [0, 0.1) is 11.3 Å². The molecule has 5 nitrogen and oxygen atoms in total. The number of nitrogens with zero attached hydrogens (tertiary/aromatic N) is 3. The van der Waals surface area contributed by atoms with Crippen LogP contribution in [-0.2, 0) is 20.1 Å². The van der Waals surface area contributed by atoms with Crippen LogP contribution in [0.3, 0.4) is 0 Å². The first kappa shape index (κ1) is 13.9. The van der Waals surface area contributed by atoms with Crippen molar-refractivity contribution in [2.75, 3.05) is 5.32 Å². The number of hydrogen-bond donors (Lipinski definition) is 1. The predicted octanol–water partition coefficient (Wildman–Crippen LogP) is 2.08. The van der Waals surface area contributed by atoms with E-state index in [0.717, 1.165) is 24.2 Å². The largest absolute Gasteiger partial charge is 0.380 e. The summed E-state index contributed by atoms with van der Waals surface area (Å²) < 4.78 is 3.50. The van der Waals surface area contributed by atoms with Gasteiger partial charge in [0.15, 0.2) is 0 Å². The fourth-order valence-corrected chi connectivity index (χ4v) is 2.10. The summed E-state index contributed by atoms with van der Waals surface area (Å²) >= 11 is 0. The van der Waals surface area contributed by atoms with Gasteiger partial charge in [0.05, 0.1) is 5.69 Å². The minimum absolute atomic E-state index is 0.0175. The standard InChI is InChI=1S/C15H18N4O/c1-3-6-19-11-13(4-5-15(19)20)17-9-12-7-14(8-16)18(2)10-12/h4-5,7,10-11,17H,3,6,9H2,1-2H3. The van der Waals surface area contributed by atoms with Gasteiger partial charge in [-0.3, -0.25) is 4.79 Å². The molecule has 0 atom stereocenters. The first-order valence-corrected chi connectivity index (χ1v) is 6.63. The van der Waals surface area contributed by atoms with E-state index in [9.17, 15) is 4.79 Å². The molecule has 2 aromatic heterocycles. The van der Waals surface area contributed by atoms with Crippen molar-refractivity contribution in [1.29, 1.82) is 5.26 Å². The lowest BCUT2D eigenvalue weighted by molar-refractivity contribution is 0.655. The van der Waals surface area contributed by atoms with Gasteiger partial charge in [0.25, 0.3) is 5.56 Å².